The smallest absolute Gasteiger partial charge is 0.243 e. The molecule has 1 aliphatic heterocycles. The summed E-state index contributed by atoms with van der Waals surface area (Å²) in [6, 6.07) is 7.58. The Morgan fingerprint density at radius 1 is 0.957 bits per heavy atom. The zero-order chi connectivity index (χ0) is 16.4. The van der Waals surface area contributed by atoms with Gasteiger partial charge in [-0.05, 0) is 50.3 Å². The van der Waals surface area contributed by atoms with Gasteiger partial charge in [-0.15, -0.1) is 0 Å². The van der Waals surface area contributed by atoms with Gasteiger partial charge in [0.1, 0.15) is 0 Å². The third-order valence-corrected chi connectivity index (χ3v) is 6.83. The van der Waals surface area contributed by atoms with Crippen molar-refractivity contribution in [3.8, 4) is 0 Å². The van der Waals surface area contributed by atoms with E-state index in [4.69, 9.17) is 4.74 Å². The molecule has 0 amide bonds. The molecule has 0 radical (unpaired) electrons. The molecule has 2 fully saturated rings. The van der Waals surface area contributed by atoms with Crippen LogP contribution in [0.3, 0.4) is 0 Å². The van der Waals surface area contributed by atoms with E-state index in [1.807, 2.05) is 26.0 Å². The van der Waals surface area contributed by atoms with Crippen molar-refractivity contribution >= 4 is 10.0 Å². The third kappa shape index (κ3) is 3.78. The predicted octanol–water partition coefficient (Wildman–Crippen LogP) is 3.53. The molecule has 23 heavy (non-hydrogen) atoms. The average Bonchev–Trinajstić information content (AvgIpc) is 2.55. The maximum Gasteiger partial charge on any atom is 0.243 e. The number of nitrogens with zero attached hydrogens (tertiary/aromatic N) is 1. The van der Waals surface area contributed by atoms with Crippen molar-refractivity contribution in [3.63, 3.8) is 0 Å². The highest BCUT2D eigenvalue weighted by Gasteiger charge is 2.32. The van der Waals surface area contributed by atoms with E-state index in [1.54, 1.807) is 16.4 Å². The lowest BCUT2D eigenvalue weighted by atomic mass is 9.84. The summed E-state index contributed by atoms with van der Waals surface area (Å²) >= 11 is 0. The highest BCUT2D eigenvalue weighted by molar-refractivity contribution is 7.89. The van der Waals surface area contributed by atoms with Crippen LogP contribution in [0, 0.1) is 0 Å². The Bertz CT molecular complexity index is 610. The summed E-state index contributed by atoms with van der Waals surface area (Å²) in [6.07, 6.45) is 6.23. The first kappa shape index (κ1) is 16.9. The van der Waals surface area contributed by atoms with Crippen molar-refractivity contribution in [2.45, 2.75) is 69.0 Å². The number of rotatable bonds is 3. The van der Waals surface area contributed by atoms with Crippen LogP contribution < -0.4 is 0 Å². The van der Waals surface area contributed by atoms with Crippen molar-refractivity contribution < 1.29 is 13.2 Å². The van der Waals surface area contributed by atoms with Gasteiger partial charge < -0.3 is 4.74 Å². The van der Waals surface area contributed by atoms with Gasteiger partial charge in [0, 0.05) is 13.1 Å². The van der Waals surface area contributed by atoms with Crippen molar-refractivity contribution in [3.05, 3.63) is 29.8 Å². The summed E-state index contributed by atoms with van der Waals surface area (Å²) in [4.78, 5) is 0.401. The van der Waals surface area contributed by atoms with E-state index in [0.29, 0.717) is 23.9 Å². The monoisotopic (exact) mass is 337 g/mol. The van der Waals surface area contributed by atoms with Crippen LogP contribution in [-0.2, 0) is 14.8 Å². The van der Waals surface area contributed by atoms with Crippen molar-refractivity contribution in [2.75, 3.05) is 13.1 Å². The summed E-state index contributed by atoms with van der Waals surface area (Å²) in [6.45, 7) is 4.70. The molecule has 1 aromatic carbocycles. The molecule has 1 saturated heterocycles. The lowest BCUT2D eigenvalue weighted by Crippen LogP contribution is -2.48. The molecule has 2 atom stereocenters. The van der Waals surface area contributed by atoms with Crippen molar-refractivity contribution in [1.29, 1.82) is 0 Å². The molecule has 5 heteroatoms. The highest BCUT2D eigenvalue weighted by Crippen LogP contribution is 2.33. The molecule has 1 heterocycles. The number of ether oxygens (including phenoxy) is 1. The number of hydrogen-bond donors (Lipinski definition) is 0. The first-order chi connectivity index (χ1) is 11.0. The molecule has 1 aromatic rings. The Morgan fingerprint density at radius 2 is 1.52 bits per heavy atom. The Hall–Kier alpha value is -0.910. The summed E-state index contributed by atoms with van der Waals surface area (Å²) in [7, 11) is -3.42. The Morgan fingerprint density at radius 3 is 2.09 bits per heavy atom. The Balaban J connectivity index is 1.77. The SMILES string of the molecule is C[C@@H]1CN(S(=O)(=O)c2ccc(C3CCCCC3)cc2)C[C@@H](C)O1. The summed E-state index contributed by atoms with van der Waals surface area (Å²) in [5.74, 6) is 0.601. The number of morpholine rings is 1. The fourth-order valence-corrected chi connectivity index (χ4v) is 5.41. The fraction of sp³-hybridized carbons (Fsp3) is 0.667. The van der Waals surface area contributed by atoms with Crippen LogP contribution in [-0.4, -0.2) is 38.0 Å². The zero-order valence-corrected chi connectivity index (χ0v) is 14.9. The lowest BCUT2D eigenvalue weighted by molar-refractivity contribution is -0.0440. The van der Waals surface area contributed by atoms with Crippen molar-refractivity contribution in [2.24, 2.45) is 0 Å². The van der Waals surface area contributed by atoms with Crippen LogP contribution in [0.25, 0.3) is 0 Å². The molecule has 0 spiro atoms. The van der Waals surface area contributed by atoms with Gasteiger partial charge in [-0.3, -0.25) is 0 Å². The molecule has 0 N–H and O–H groups in total. The normalized spacial score (nSPS) is 27.9. The number of benzene rings is 1. The van der Waals surface area contributed by atoms with Crippen LogP contribution in [0.5, 0.6) is 0 Å². The fourth-order valence-electron chi connectivity index (χ4n) is 3.82. The van der Waals surface area contributed by atoms with Gasteiger partial charge >= 0.3 is 0 Å². The van der Waals surface area contributed by atoms with Crippen molar-refractivity contribution in [1.82, 2.24) is 4.31 Å². The lowest BCUT2D eigenvalue weighted by Gasteiger charge is -2.34. The Labute approximate surface area is 139 Å². The maximum absolute atomic E-state index is 12.8. The molecule has 128 valence electrons. The molecule has 1 aliphatic carbocycles. The molecule has 0 unspecified atom stereocenters. The minimum atomic E-state index is -3.42. The van der Waals surface area contributed by atoms with Gasteiger partial charge in [-0.1, -0.05) is 31.4 Å². The molecular weight excluding hydrogens is 310 g/mol. The van der Waals surface area contributed by atoms with Crippen LogP contribution in [0.2, 0.25) is 0 Å². The zero-order valence-electron chi connectivity index (χ0n) is 14.1. The van der Waals surface area contributed by atoms with Gasteiger partial charge in [0.2, 0.25) is 10.0 Å². The van der Waals surface area contributed by atoms with E-state index >= 15 is 0 Å². The van der Waals surface area contributed by atoms with E-state index in [1.165, 1.54) is 37.7 Å². The standard InChI is InChI=1S/C18H27NO3S/c1-14-12-19(13-15(2)22-14)23(20,21)18-10-8-17(9-11-18)16-6-4-3-5-7-16/h8-11,14-16H,3-7,12-13H2,1-2H3/t14-,15-/m1/s1. The number of sulfonamides is 1. The average molecular weight is 337 g/mol. The molecule has 4 nitrogen and oxygen atoms in total. The maximum atomic E-state index is 12.8. The van der Waals surface area contributed by atoms with Crippen LogP contribution >= 0.6 is 0 Å². The van der Waals surface area contributed by atoms with Crippen LogP contribution in [0.4, 0.5) is 0 Å². The minimum absolute atomic E-state index is 0.0602. The van der Waals surface area contributed by atoms with E-state index in [-0.39, 0.29) is 12.2 Å². The molecule has 0 bridgehead atoms. The largest absolute Gasteiger partial charge is 0.373 e. The first-order valence-corrected chi connectivity index (χ1v) is 10.2. The van der Waals surface area contributed by atoms with E-state index in [0.717, 1.165) is 0 Å². The number of hydrogen-bond acceptors (Lipinski definition) is 3. The van der Waals surface area contributed by atoms with Gasteiger partial charge in [0.05, 0.1) is 17.1 Å². The molecule has 3 rings (SSSR count). The summed E-state index contributed by atoms with van der Waals surface area (Å²) in [5, 5.41) is 0. The second-order valence-corrected chi connectivity index (χ2v) is 8.92. The van der Waals surface area contributed by atoms with Crippen LogP contribution in [0.1, 0.15) is 57.4 Å². The van der Waals surface area contributed by atoms with Gasteiger partial charge in [-0.2, -0.15) is 4.31 Å². The second kappa shape index (κ2) is 6.91. The van der Waals surface area contributed by atoms with Gasteiger partial charge in [0.25, 0.3) is 0 Å². The topological polar surface area (TPSA) is 46.6 Å². The quantitative estimate of drug-likeness (QED) is 0.847. The summed E-state index contributed by atoms with van der Waals surface area (Å²) in [5.41, 5.74) is 1.28. The Kier molecular flexibility index (Phi) is 5.09. The highest BCUT2D eigenvalue weighted by atomic mass is 32.2. The van der Waals surface area contributed by atoms with E-state index in [9.17, 15) is 8.42 Å². The predicted molar refractivity (Wildman–Crippen MR) is 91.0 cm³/mol. The molecule has 2 aliphatic rings. The summed E-state index contributed by atoms with van der Waals surface area (Å²) < 4.78 is 32.9. The van der Waals surface area contributed by atoms with Crippen LogP contribution in [0.15, 0.2) is 29.2 Å². The van der Waals surface area contributed by atoms with E-state index in [2.05, 4.69) is 0 Å². The molecule has 1 saturated carbocycles. The third-order valence-electron chi connectivity index (χ3n) is 4.98. The first-order valence-electron chi connectivity index (χ1n) is 8.72. The van der Waals surface area contributed by atoms with Gasteiger partial charge in [0.15, 0.2) is 0 Å². The molecular formula is C18H27NO3S. The van der Waals surface area contributed by atoms with Gasteiger partial charge in [-0.25, -0.2) is 8.42 Å². The molecule has 0 aromatic heterocycles. The second-order valence-electron chi connectivity index (χ2n) is 6.98. The minimum Gasteiger partial charge on any atom is -0.373 e. The van der Waals surface area contributed by atoms with E-state index < -0.39 is 10.0 Å².